The van der Waals surface area contributed by atoms with Crippen LogP contribution in [0.3, 0.4) is 0 Å². The molecule has 0 bridgehead atoms. The molecule has 32 heavy (non-hydrogen) atoms. The number of aliphatic hydroxyl groups excluding tert-OH is 1. The maximum Gasteiger partial charge on any atom is 0.300 e. The fraction of sp³-hybridized carbons (Fsp3) is 0.154. The first-order valence-corrected chi connectivity index (χ1v) is 10.1. The molecule has 0 radical (unpaired) electrons. The van der Waals surface area contributed by atoms with Crippen molar-refractivity contribution < 1.29 is 24.2 Å². The van der Waals surface area contributed by atoms with Gasteiger partial charge < -0.3 is 14.6 Å². The SMILES string of the molecule is COc1ccc(C2/C(=C(/O)c3ccc(OC)c(C)c3)C(=O)C(=O)N2c2ccccc2)cc1. The summed E-state index contributed by atoms with van der Waals surface area (Å²) in [4.78, 5) is 27.7. The monoisotopic (exact) mass is 429 g/mol. The van der Waals surface area contributed by atoms with Crippen molar-refractivity contribution in [3.8, 4) is 11.5 Å². The van der Waals surface area contributed by atoms with Gasteiger partial charge in [0.05, 0.1) is 25.8 Å². The minimum atomic E-state index is -0.786. The van der Waals surface area contributed by atoms with Gasteiger partial charge in [-0.1, -0.05) is 30.3 Å². The van der Waals surface area contributed by atoms with E-state index in [0.717, 1.165) is 5.56 Å². The van der Waals surface area contributed by atoms with Gasteiger partial charge in [0.1, 0.15) is 17.3 Å². The summed E-state index contributed by atoms with van der Waals surface area (Å²) in [5.74, 6) is -0.341. The number of ketones is 1. The lowest BCUT2D eigenvalue weighted by Crippen LogP contribution is -2.29. The minimum absolute atomic E-state index is 0.0357. The highest BCUT2D eigenvalue weighted by atomic mass is 16.5. The molecule has 1 fully saturated rings. The van der Waals surface area contributed by atoms with Gasteiger partial charge in [0.25, 0.3) is 11.7 Å². The molecule has 4 rings (SSSR count). The van der Waals surface area contributed by atoms with Crippen molar-refractivity contribution in [2.24, 2.45) is 0 Å². The largest absolute Gasteiger partial charge is 0.507 e. The molecule has 1 atom stereocenters. The Morgan fingerprint density at radius 1 is 0.906 bits per heavy atom. The van der Waals surface area contributed by atoms with Crippen LogP contribution in [0, 0.1) is 6.92 Å². The van der Waals surface area contributed by atoms with Gasteiger partial charge in [-0.15, -0.1) is 0 Å². The van der Waals surface area contributed by atoms with Crippen molar-refractivity contribution >= 4 is 23.1 Å². The summed E-state index contributed by atoms with van der Waals surface area (Å²) in [5.41, 5.74) is 2.53. The smallest absolute Gasteiger partial charge is 0.300 e. The number of hydrogen-bond acceptors (Lipinski definition) is 5. The van der Waals surface area contributed by atoms with Gasteiger partial charge in [0.2, 0.25) is 0 Å². The molecule has 0 aromatic heterocycles. The molecule has 162 valence electrons. The number of hydrogen-bond donors (Lipinski definition) is 1. The zero-order valence-electron chi connectivity index (χ0n) is 18.0. The van der Waals surface area contributed by atoms with E-state index >= 15 is 0 Å². The second-order valence-electron chi connectivity index (χ2n) is 7.46. The number of anilines is 1. The van der Waals surface area contributed by atoms with Crippen LogP contribution in [0.5, 0.6) is 11.5 Å². The number of rotatable bonds is 5. The van der Waals surface area contributed by atoms with Crippen molar-refractivity contribution in [3.63, 3.8) is 0 Å². The fourth-order valence-corrected chi connectivity index (χ4v) is 3.97. The van der Waals surface area contributed by atoms with E-state index in [1.54, 1.807) is 80.9 Å². The lowest BCUT2D eigenvalue weighted by Gasteiger charge is -2.25. The van der Waals surface area contributed by atoms with Crippen molar-refractivity contribution in [2.45, 2.75) is 13.0 Å². The summed E-state index contributed by atoms with van der Waals surface area (Å²) in [7, 11) is 3.13. The van der Waals surface area contributed by atoms with E-state index in [0.29, 0.717) is 28.3 Å². The predicted molar refractivity (Wildman–Crippen MR) is 122 cm³/mol. The first-order valence-electron chi connectivity index (χ1n) is 10.1. The molecular weight excluding hydrogens is 406 g/mol. The van der Waals surface area contributed by atoms with Crippen LogP contribution in [0.15, 0.2) is 78.4 Å². The molecule has 6 nitrogen and oxygen atoms in total. The van der Waals surface area contributed by atoms with Crippen LogP contribution < -0.4 is 14.4 Å². The van der Waals surface area contributed by atoms with Crippen molar-refractivity contribution in [3.05, 3.63) is 95.1 Å². The Bertz CT molecular complexity index is 1200. The third-order valence-electron chi connectivity index (χ3n) is 5.58. The third-order valence-corrected chi connectivity index (χ3v) is 5.58. The number of aryl methyl sites for hydroxylation is 1. The number of ether oxygens (including phenoxy) is 2. The normalized spacial score (nSPS) is 17.5. The average molecular weight is 429 g/mol. The molecule has 1 amide bonds. The highest BCUT2D eigenvalue weighted by Gasteiger charge is 2.46. The summed E-state index contributed by atoms with van der Waals surface area (Å²) in [6, 6.07) is 20.4. The van der Waals surface area contributed by atoms with Gasteiger partial charge >= 0.3 is 0 Å². The summed E-state index contributed by atoms with van der Waals surface area (Å²) in [6.45, 7) is 1.85. The molecular formula is C26H23NO5. The lowest BCUT2D eigenvalue weighted by molar-refractivity contribution is -0.132. The molecule has 1 aliphatic heterocycles. The van der Waals surface area contributed by atoms with E-state index in [2.05, 4.69) is 0 Å². The Hall–Kier alpha value is -4.06. The molecule has 1 unspecified atom stereocenters. The van der Waals surface area contributed by atoms with Crippen LogP contribution in [0.4, 0.5) is 5.69 Å². The Labute approximate surface area is 186 Å². The Morgan fingerprint density at radius 2 is 1.59 bits per heavy atom. The van der Waals surface area contributed by atoms with E-state index in [9.17, 15) is 14.7 Å². The summed E-state index contributed by atoms with van der Waals surface area (Å²) in [6.07, 6.45) is 0. The standard InChI is InChI=1S/C26H23NO5/c1-16-15-18(11-14-21(16)32-3)24(28)22-23(17-9-12-20(31-2)13-10-17)27(26(30)25(22)29)19-7-5-4-6-8-19/h4-15,23,28H,1-3H3/b24-22-. The number of nitrogens with zero attached hydrogens (tertiary/aromatic N) is 1. The Balaban J connectivity index is 1.92. The summed E-state index contributed by atoms with van der Waals surface area (Å²) in [5, 5.41) is 11.2. The number of carbonyl (C=O) groups excluding carboxylic acids is 2. The number of methoxy groups -OCH3 is 2. The van der Waals surface area contributed by atoms with Crippen LogP contribution in [0.1, 0.15) is 22.7 Å². The van der Waals surface area contributed by atoms with Gasteiger partial charge in [-0.25, -0.2) is 0 Å². The zero-order chi connectivity index (χ0) is 22.8. The number of amides is 1. The molecule has 0 aliphatic carbocycles. The van der Waals surface area contributed by atoms with Crippen LogP contribution in [-0.4, -0.2) is 31.0 Å². The summed E-state index contributed by atoms with van der Waals surface area (Å²) >= 11 is 0. The molecule has 3 aromatic carbocycles. The summed E-state index contributed by atoms with van der Waals surface area (Å²) < 4.78 is 10.5. The molecule has 6 heteroatoms. The maximum atomic E-state index is 13.2. The van der Waals surface area contributed by atoms with E-state index in [1.807, 2.05) is 13.0 Å². The minimum Gasteiger partial charge on any atom is -0.507 e. The van der Waals surface area contributed by atoms with Crippen molar-refractivity contribution in [1.82, 2.24) is 0 Å². The highest BCUT2D eigenvalue weighted by Crippen LogP contribution is 2.42. The van der Waals surface area contributed by atoms with E-state index in [-0.39, 0.29) is 11.3 Å². The van der Waals surface area contributed by atoms with Crippen LogP contribution >= 0.6 is 0 Å². The second-order valence-corrected chi connectivity index (χ2v) is 7.46. The number of para-hydroxylation sites is 1. The van der Waals surface area contributed by atoms with Gasteiger partial charge in [0.15, 0.2) is 0 Å². The van der Waals surface area contributed by atoms with Gasteiger partial charge in [-0.3, -0.25) is 14.5 Å². The number of benzene rings is 3. The third kappa shape index (κ3) is 3.60. The first kappa shape index (κ1) is 21.2. The van der Waals surface area contributed by atoms with Gasteiger partial charge in [-0.2, -0.15) is 0 Å². The fourth-order valence-electron chi connectivity index (χ4n) is 3.97. The van der Waals surface area contributed by atoms with Crippen molar-refractivity contribution in [1.29, 1.82) is 0 Å². The zero-order valence-corrected chi connectivity index (χ0v) is 18.0. The number of Topliss-reactive ketones (excluding diaryl/α,β-unsaturated/α-hetero) is 1. The molecule has 0 saturated carbocycles. The van der Waals surface area contributed by atoms with Crippen LogP contribution in [-0.2, 0) is 9.59 Å². The maximum absolute atomic E-state index is 13.2. The predicted octanol–water partition coefficient (Wildman–Crippen LogP) is 4.64. The Kier molecular flexibility index (Phi) is 5.69. The van der Waals surface area contributed by atoms with Crippen LogP contribution in [0.2, 0.25) is 0 Å². The molecule has 1 aliphatic rings. The van der Waals surface area contributed by atoms with E-state index in [4.69, 9.17) is 9.47 Å². The van der Waals surface area contributed by atoms with Gasteiger partial charge in [-0.05, 0) is 60.5 Å². The topological polar surface area (TPSA) is 76.1 Å². The lowest BCUT2D eigenvalue weighted by atomic mass is 9.94. The highest BCUT2D eigenvalue weighted by molar-refractivity contribution is 6.51. The average Bonchev–Trinajstić information content (AvgIpc) is 3.09. The second kappa shape index (κ2) is 8.59. The molecule has 0 spiro atoms. The Morgan fingerprint density at radius 3 is 2.19 bits per heavy atom. The van der Waals surface area contributed by atoms with Crippen molar-refractivity contribution in [2.75, 3.05) is 19.1 Å². The van der Waals surface area contributed by atoms with Gasteiger partial charge in [0, 0.05) is 11.3 Å². The molecule has 1 N–H and O–H groups in total. The molecule has 1 heterocycles. The quantitative estimate of drug-likeness (QED) is 0.363. The molecule has 1 saturated heterocycles. The number of carbonyl (C=O) groups is 2. The first-order chi connectivity index (χ1) is 15.5. The van der Waals surface area contributed by atoms with E-state index < -0.39 is 17.7 Å². The van der Waals surface area contributed by atoms with E-state index in [1.165, 1.54) is 4.90 Å². The molecule has 3 aromatic rings. The van der Waals surface area contributed by atoms with Crippen LogP contribution in [0.25, 0.3) is 5.76 Å². The number of aliphatic hydroxyl groups is 1.